The lowest BCUT2D eigenvalue weighted by atomic mass is 10.1. The molecule has 112 valence electrons. The number of nitrogens with one attached hydrogen (secondary N) is 1. The van der Waals surface area contributed by atoms with Gasteiger partial charge in [-0.25, -0.2) is 0 Å². The molecule has 0 saturated carbocycles. The molecule has 1 heterocycles. The molecule has 0 aliphatic carbocycles. The van der Waals surface area contributed by atoms with Gasteiger partial charge < -0.3 is 11.1 Å². The van der Waals surface area contributed by atoms with Crippen molar-refractivity contribution in [2.24, 2.45) is 12.8 Å². The van der Waals surface area contributed by atoms with Crippen molar-refractivity contribution in [2.45, 2.75) is 12.7 Å². The number of carbonyl (C=O) groups is 1. The maximum Gasteiger partial charge on any atom is 0.418 e. The molecule has 0 atom stereocenters. The van der Waals surface area contributed by atoms with Crippen LogP contribution in [0.3, 0.4) is 0 Å². The third-order valence-electron chi connectivity index (χ3n) is 2.84. The fourth-order valence-corrected chi connectivity index (χ4v) is 1.79. The zero-order valence-electron chi connectivity index (χ0n) is 11.1. The summed E-state index contributed by atoms with van der Waals surface area (Å²) >= 11 is 0. The summed E-state index contributed by atoms with van der Waals surface area (Å²) in [5.41, 5.74) is 4.61. The highest BCUT2D eigenvalue weighted by molar-refractivity contribution is 6.04. The Morgan fingerprint density at radius 1 is 1.43 bits per heavy atom. The largest absolute Gasteiger partial charge is 0.418 e. The smallest absolute Gasteiger partial charge is 0.326 e. The molecule has 0 unspecified atom stereocenters. The van der Waals surface area contributed by atoms with Crippen molar-refractivity contribution in [3.63, 3.8) is 0 Å². The first kappa shape index (κ1) is 15.0. The Morgan fingerprint density at radius 2 is 2.14 bits per heavy atom. The SMILES string of the molecule is Cn1cc(C(=O)Nc2ccc(CN)cc2C(F)(F)F)cn1. The molecule has 1 amide bonds. The average molecular weight is 298 g/mol. The Labute approximate surface area is 118 Å². The van der Waals surface area contributed by atoms with Gasteiger partial charge in [0.15, 0.2) is 0 Å². The van der Waals surface area contributed by atoms with Crippen LogP contribution < -0.4 is 11.1 Å². The number of nitrogens with zero attached hydrogens (tertiary/aromatic N) is 2. The second-order valence-corrected chi connectivity index (χ2v) is 4.44. The van der Waals surface area contributed by atoms with Crippen LogP contribution in [-0.4, -0.2) is 15.7 Å². The van der Waals surface area contributed by atoms with Crippen molar-refractivity contribution in [3.05, 3.63) is 47.3 Å². The molecule has 8 heteroatoms. The van der Waals surface area contributed by atoms with E-state index in [1.54, 1.807) is 7.05 Å². The van der Waals surface area contributed by atoms with Crippen LogP contribution in [0.1, 0.15) is 21.5 Å². The van der Waals surface area contributed by atoms with Gasteiger partial charge in [-0.2, -0.15) is 18.3 Å². The van der Waals surface area contributed by atoms with Crippen LogP contribution in [0.2, 0.25) is 0 Å². The number of carbonyl (C=O) groups excluding carboxylic acids is 1. The second-order valence-electron chi connectivity index (χ2n) is 4.44. The summed E-state index contributed by atoms with van der Waals surface area (Å²) in [6.45, 7) is -0.0140. The molecule has 0 radical (unpaired) electrons. The number of amides is 1. The van der Waals surface area contributed by atoms with Gasteiger partial charge in [-0.3, -0.25) is 9.48 Å². The monoisotopic (exact) mass is 298 g/mol. The number of hydrogen-bond donors (Lipinski definition) is 2. The third-order valence-corrected chi connectivity index (χ3v) is 2.84. The standard InChI is InChI=1S/C13H13F3N4O/c1-20-7-9(6-18-20)12(21)19-11-3-2-8(5-17)4-10(11)13(14,15)16/h2-4,6-7H,5,17H2,1H3,(H,19,21). The second kappa shape index (κ2) is 5.57. The molecule has 2 aromatic rings. The maximum atomic E-state index is 13.0. The van der Waals surface area contributed by atoms with Crippen molar-refractivity contribution in [1.82, 2.24) is 9.78 Å². The van der Waals surface area contributed by atoms with Gasteiger partial charge in [-0.15, -0.1) is 0 Å². The molecule has 5 nitrogen and oxygen atoms in total. The normalized spacial score (nSPS) is 11.5. The molecule has 0 aliphatic heterocycles. The number of hydrogen-bond acceptors (Lipinski definition) is 3. The molecule has 0 aliphatic rings. The van der Waals surface area contributed by atoms with E-state index < -0.39 is 17.6 Å². The Balaban J connectivity index is 2.33. The lowest BCUT2D eigenvalue weighted by Gasteiger charge is -2.14. The predicted molar refractivity (Wildman–Crippen MR) is 70.5 cm³/mol. The number of anilines is 1. The average Bonchev–Trinajstić information content (AvgIpc) is 2.84. The minimum atomic E-state index is -4.58. The zero-order chi connectivity index (χ0) is 15.6. The van der Waals surface area contributed by atoms with Crippen molar-refractivity contribution in [1.29, 1.82) is 0 Å². The predicted octanol–water partition coefficient (Wildman–Crippen LogP) is 2.15. The van der Waals surface area contributed by atoms with Gasteiger partial charge in [0, 0.05) is 19.8 Å². The van der Waals surface area contributed by atoms with Gasteiger partial charge in [-0.1, -0.05) is 6.07 Å². The lowest BCUT2D eigenvalue weighted by molar-refractivity contribution is -0.137. The van der Waals surface area contributed by atoms with Gasteiger partial charge in [0.05, 0.1) is 23.0 Å². The van der Waals surface area contributed by atoms with Crippen LogP contribution in [0.25, 0.3) is 0 Å². The Kier molecular flexibility index (Phi) is 3.99. The molecule has 21 heavy (non-hydrogen) atoms. The zero-order valence-corrected chi connectivity index (χ0v) is 11.1. The molecule has 1 aromatic carbocycles. The van der Waals surface area contributed by atoms with E-state index in [9.17, 15) is 18.0 Å². The highest BCUT2D eigenvalue weighted by Crippen LogP contribution is 2.35. The summed E-state index contributed by atoms with van der Waals surface area (Å²) in [6.07, 6.45) is -1.89. The molecule has 0 saturated heterocycles. The van der Waals surface area contributed by atoms with Gasteiger partial charge in [0.25, 0.3) is 5.91 Å². The fraction of sp³-hybridized carbons (Fsp3) is 0.231. The van der Waals surface area contributed by atoms with E-state index in [1.807, 2.05) is 0 Å². The Hall–Kier alpha value is -2.35. The summed E-state index contributed by atoms with van der Waals surface area (Å²) < 4.78 is 40.4. The van der Waals surface area contributed by atoms with E-state index in [0.29, 0.717) is 5.56 Å². The van der Waals surface area contributed by atoms with E-state index in [4.69, 9.17) is 5.73 Å². The molecular formula is C13H13F3N4O. The summed E-state index contributed by atoms with van der Waals surface area (Å²) in [5.74, 6) is -0.658. The molecule has 1 aromatic heterocycles. The van der Waals surface area contributed by atoms with Crippen LogP contribution >= 0.6 is 0 Å². The number of halogens is 3. The first-order valence-electron chi connectivity index (χ1n) is 6.01. The number of nitrogens with two attached hydrogens (primary N) is 1. The molecule has 2 rings (SSSR count). The Bertz CT molecular complexity index is 664. The Morgan fingerprint density at radius 3 is 2.67 bits per heavy atom. The van der Waals surface area contributed by atoms with Crippen LogP contribution in [-0.2, 0) is 19.8 Å². The summed E-state index contributed by atoms with van der Waals surface area (Å²) in [7, 11) is 1.61. The first-order valence-corrected chi connectivity index (χ1v) is 6.01. The lowest BCUT2D eigenvalue weighted by Crippen LogP contribution is -2.17. The summed E-state index contributed by atoms with van der Waals surface area (Å²) in [5, 5.41) is 6.04. The maximum absolute atomic E-state index is 13.0. The molecule has 0 bridgehead atoms. The quantitative estimate of drug-likeness (QED) is 0.912. The topological polar surface area (TPSA) is 72.9 Å². The minimum absolute atomic E-state index is 0.0140. The van der Waals surface area contributed by atoms with E-state index in [0.717, 1.165) is 6.07 Å². The molecule has 0 spiro atoms. The van der Waals surface area contributed by atoms with Crippen molar-refractivity contribution < 1.29 is 18.0 Å². The number of alkyl halides is 3. The van der Waals surface area contributed by atoms with Gasteiger partial charge in [0.1, 0.15) is 0 Å². The van der Waals surface area contributed by atoms with Crippen LogP contribution in [0.5, 0.6) is 0 Å². The number of aromatic nitrogens is 2. The van der Waals surface area contributed by atoms with E-state index in [1.165, 1.54) is 29.2 Å². The number of aryl methyl sites for hydroxylation is 1. The van der Waals surface area contributed by atoms with Crippen molar-refractivity contribution >= 4 is 11.6 Å². The molecule has 3 N–H and O–H groups in total. The van der Waals surface area contributed by atoms with E-state index in [2.05, 4.69) is 10.4 Å². The van der Waals surface area contributed by atoms with Crippen molar-refractivity contribution in [2.75, 3.05) is 5.32 Å². The van der Waals surface area contributed by atoms with Crippen LogP contribution in [0, 0.1) is 0 Å². The molecule has 0 fully saturated rings. The summed E-state index contributed by atoms with van der Waals surface area (Å²) in [6, 6.07) is 3.56. The minimum Gasteiger partial charge on any atom is -0.326 e. The van der Waals surface area contributed by atoms with Gasteiger partial charge in [-0.05, 0) is 17.7 Å². The summed E-state index contributed by atoms with van der Waals surface area (Å²) in [4.78, 5) is 11.9. The van der Waals surface area contributed by atoms with Crippen molar-refractivity contribution in [3.8, 4) is 0 Å². The van der Waals surface area contributed by atoms with E-state index in [-0.39, 0.29) is 17.8 Å². The fourth-order valence-electron chi connectivity index (χ4n) is 1.79. The number of benzene rings is 1. The highest BCUT2D eigenvalue weighted by Gasteiger charge is 2.34. The van der Waals surface area contributed by atoms with Gasteiger partial charge in [0.2, 0.25) is 0 Å². The number of rotatable bonds is 3. The highest BCUT2D eigenvalue weighted by atomic mass is 19.4. The molecular weight excluding hydrogens is 285 g/mol. The van der Waals surface area contributed by atoms with Gasteiger partial charge >= 0.3 is 6.18 Å². The first-order chi connectivity index (χ1) is 9.81. The van der Waals surface area contributed by atoms with Crippen LogP contribution in [0.4, 0.5) is 18.9 Å². The van der Waals surface area contributed by atoms with Crippen LogP contribution in [0.15, 0.2) is 30.6 Å². The van der Waals surface area contributed by atoms with E-state index >= 15 is 0 Å². The third kappa shape index (κ3) is 3.40.